The van der Waals surface area contributed by atoms with Crippen LogP contribution >= 0.6 is 0 Å². The number of nitrogens with one attached hydrogen (secondary N) is 1. The molecule has 3 aromatic rings. The number of carbonyl (C=O) groups excluding carboxylic acids is 1. The fraction of sp³-hybridized carbons (Fsp3) is 0.333. The van der Waals surface area contributed by atoms with Crippen LogP contribution in [0.1, 0.15) is 16.4 Å². The largest absolute Gasteiger partial charge is 0.423 e. The minimum Gasteiger partial charge on any atom is -0.423 e. The standard InChI is InChI=1S/C18H17N7O4/c26-17(11-6-19-10-20-7-11)21-13-8-27-16-14(9-28-15(13)16)25-18(22-23-24-25)29-12-4-2-1-3-5-12/h1-7,10,13-16H,8-9H2,(H,21,26)/t13-,14-,15+,16+/m0/s1. The van der Waals surface area contributed by atoms with E-state index in [1.807, 2.05) is 30.3 Å². The average Bonchev–Trinajstić information content (AvgIpc) is 3.47. The second-order valence-corrected chi connectivity index (χ2v) is 6.69. The molecular weight excluding hydrogens is 378 g/mol. The molecule has 4 atom stereocenters. The molecule has 148 valence electrons. The van der Waals surface area contributed by atoms with Crippen molar-refractivity contribution >= 4 is 5.91 Å². The van der Waals surface area contributed by atoms with E-state index in [0.717, 1.165) is 0 Å². The predicted molar refractivity (Wildman–Crippen MR) is 96.1 cm³/mol. The van der Waals surface area contributed by atoms with Crippen LogP contribution in [0.3, 0.4) is 0 Å². The molecule has 0 unspecified atom stereocenters. The summed E-state index contributed by atoms with van der Waals surface area (Å²) >= 11 is 0. The summed E-state index contributed by atoms with van der Waals surface area (Å²) in [5.74, 6) is 0.351. The third-order valence-corrected chi connectivity index (χ3v) is 4.90. The SMILES string of the molecule is O=C(N[C@H]1CO[C@H]2[C@@H]1OC[C@@H]2n1nnnc1Oc1ccccc1)c1cncnc1. The zero-order chi connectivity index (χ0) is 19.6. The first-order valence-corrected chi connectivity index (χ1v) is 9.09. The zero-order valence-corrected chi connectivity index (χ0v) is 15.2. The Balaban J connectivity index is 1.29. The molecule has 11 nitrogen and oxygen atoms in total. The van der Waals surface area contributed by atoms with Gasteiger partial charge in [-0.05, 0) is 22.6 Å². The monoisotopic (exact) mass is 395 g/mol. The number of hydrogen-bond acceptors (Lipinski definition) is 9. The summed E-state index contributed by atoms with van der Waals surface area (Å²) in [6.07, 6.45) is 3.67. The zero-order valence-electron chi connectivity index (χ0n) is 15.2. The Morgan fingerprint density at radius 2 is 1.90 bits per heavy atom. The molecule has 1 aromatic carbocycles. The van der Waals surface area contributed by atoms with Crippen molar-refractivity contribution in [3.05, 3.63) is 54.6 Å². The molecule has 2 fully saturated rings. The highest BCUT2D eigenvalue weighted by Crippen LogP contribution is 2.36. The Morgan fingerprint density at radius 3 is 2.72 bits per heavy atom. The van der Waals surface area contributed by atoms with Crippen molar-refractivity contribution in [1.82, 2.24) is 35.5 Å². The van der Waals surface area contributed by atoms with Gasteiger partial charge < -0.3 is 19.5 Å². The lowest BCUT2D eigenvalue weighted by Crippen LogP contribution is -2.44. The van der Waals surface area contributed by atoms with E-state index in [1.54, 1.807) is 4.68 Å². The summed E-state index contributed by atoms with van der Waals surface area (Å²) in [6, 6.07) is 8.95. The second-order valence-electron chi connectivity index (χ2n) is 6.69. The van der Waals surface area contributed by atoms with Gasteiger partial charge in [0.15, 0.2) is 0 Å². The van der Waals surface area contributed by atoms with Gasteiger partial charge in [-0.2, -0.15) is 4.68 Å². The second kappa shape index (κ2) is 7.53. The van der Waals surface area contributed by atoms with Gasteiger partial charge >= 0.3 is 6.01 Å². The van der Waals surface area contributed by atoms with Crippen LogP contribution < -0.4 is 10.1 Å². The molecule has 11 heteroatoms. The number of aromatic nitrogens is 6. The Kier molecular flexibility index (Phi) is 4.58. The molecule has 0 radical (unpaired) electrons. The highest BCUT2D eigenvalue weighted by molar-refractivity contribution is 5.93. The van der Waals surface area contributed by atoms with E-state index in [-0.39, 0.29) is 36.2 Å². The normalized spacial score (nSPS) is 25.5. The maximum Gasteiger partial charge on any atom is 0.341 e. The Hall–Kier alpha value is -3.44. The van der Waals surface area contributed by atoms with Gasteiger partial charge in [0.25, 0.3) is 5.91 Å². The predicted octanol–water partition coefficient (Wildman–Crippen LogP) is 0.393. The number of rotatable bonds is 5. The molecule has 2 aliphatic rings. The van der Waals surface area contributed by atoms with Gasteiger partial charge in [-0.1, -0.05) is 23.3 Å². The van der Waals surface area contributed by atoms with Gasteiger partial charge in [0, 0.05) is 12.4 Å². The molecule has 1 amide bonds. The van der Waals surface area contributed by atoms with E-state index in [9.17, 15) is 4.79 Å². The van der Waals surface area contributed by atoms with Crippen LogP contribution in [0.25, 0.3) is 0 Å². The van der Waals surface area contributed by atoms with Crippen LogP contribution in [0.15, 0.2) is 49.1 Å². The molecule has 5 rings (SSSR count). The van der Waals surface area contributed by atoms with E-state index >= 15 is 0 Å². The summed E-state index contributed by atoms with van der Waals surface area (Å²) in [5, 5.41) is 14.7. The highest BCUT2D eigenvalue weighted by atomic mass is 16.6. The number of benzene rings is 1. The quantitative estimate of drug-likeness (QED) is 0.653. The molecule has 2 aliphatic heterocycles. The molecule has 2 aromatic heterocycles. The maximum atomic E-state index is 12.4. The summed E-state index contributed by atoms with van der Waals surface area (Å²) < 4.78 is 19.2. The lowest BCUT2D eigenvalue weighted by molar-refractivity contribution is 0.0606. The Bertz CT molecular complexity index is 984. The number of ether oxygens (including phenoxy) is 3. The Labute approximate surface area is 165 Å². The smallest absolute Gasteiger partial charge is 0.341 e. The van der Waals surface area contributed by atoms with Crippen LogP contribution in [-0.2, 0) is 9.47 Å². The number of nitrogens with zero attached hydrogens (tertiary/aromatic N) is 6. The first-order chi connectivity index (χ1) is 14.3. The van der Waals surface area contributed by atoms with E-state index in [2.05, 4.69) is 30.8 Å². The van der Waals surface area contributed by atoms with Crippen molar-refractivity contribution in [2.45, 2.75) is 24.3 Å². The topological polar surface area (TPSA) is 126 Å². The minimum atomic E-state index is -0.317. The maximum absolute atomic E-state index is 12.4. The van der Waals surface area contributed by atoms with Crippen LogP contribution in [0.2, 0.25) is 0 Å². The van der Waals surface area contributed by atoms with E-state index in [0.29, 0.717) is 24.5 Å². The van der Waals surface area contributed by atoms with E-state index in [1.165, 1.54) is 18.7 Å². The summed E-state index contributed by atoms with van der Waals surface area (Å²) in [5.41, 5.74) is 0.379. The van der Waals surface area contributed by atoms with Crippen molar-refractivity contribution in [3.63, 3.8) is 0 Å². The van der Waals surface area contributed by atoms with Gasteiger partial charge in [0.05, 0.1) is 24.8 Å². The van der Waals surface area contributed by atoms with Crippen molar-refractivity contribution in [1.29, 1.82) is 0 Å². The van der Waals surface area contributed by atoms with Gasteiger partial charge in [-0.15, -0.1) is 0 Å². The number of amides is 1. The average molecular weight is 395 g/mol. The molecule has 4 heterocycles. The molecule has 2 saturated heterocycles. The summed E-state index contributed by atoms with van der Waals surface area (Å²) in [7, 11) is 0. The van der Waals surface area contributed by atoms with Crippen LogP contribution in [0, 0.1) is 0 Å². The lowest BCUT2D eigenvalue weighted by atomic mass is 10.1. The van der Waals surface area contributed by atoms with Crippen molar-refractivity contribution in [2.24, 2.45) is 0 Å². The number of hydrogen-bond donors (Lipinski definition) is 1. The molecule has 1 N–H and O–H groups in total. The number of para-hydroxylation sites is 1. The molecule has 29 heavy (non-hydrogen) atoms. The number of carbonyl (C=O) groups is 1. The number of tetrazole rings is 1. The van der Waals surface area contributed by atoms with E-state index in [4.69, 9.17) is 14.2 Å². The van der Waals surface area contributed by atoms with Crippen molar-refractivity contribution < 1.29 is 19.0 Å². The van der Waals surface area contributed by atoms with Crippen LogP contribution in [0.5, 0.6) is 11.8 Å². The summed E-state index contributed by atoms with van der Waals surface area (Å²) in [4.78, 5) is 20.1. The van der Waals surface area contributed by atoms with Crippen LogP contribution in [-0.4, -0.2) is 67.5 Å². The highest BCUT2D eigenvalue weighted by Gasteiger charge is 2.50. The molecule has 0 spiro atoms. The van der Waals surface area contributed by atoms with Crippen LogP contribution in [0.4, 0.5) is 0 Å². The van der Waals surface area contributed by atoms with Gasteiger partial charge in [0.1, 0.15) is 30.3 Å². The fourth-order valence-electron chi connectivity index (χ4n) is 3.54. The lowest BCUT2D eigenvalue weighted by Gasteiger charge is -2.18. The first-order valence-electron chi connectivity index (χ1n) is 9.09. The van der Waals surface area contributed by atoms with Gasteiger partial charge in [0.2, 0.25) is 0 Å². The first kappa shape index (κ1) is 17.6. The third-order valence-electron chi connectivity index (χ3n) is 4.90. The molecular formula is C18H17N7O4. The number of fused-ring (bicyclic) bond motifs is 1. The van der Waals surface area contributed by atoms with Gasteiger partial charge in [-0.3, -0.25) is 4.79 Å². The summed E-state index contributed by atoms with van der Waals surface area (Å²) in [6.45, 7) is 0.661. The fourth-order valence-corrected chi connectivity index (χ4v) is 3.54. The van der Waals surface area contributed by atoms with Crippen molar-refractivity contribution in [3.8, 4) is 11.8 Å². The molecule has 0 aliphatic carbocycles. The molecule has 0 saturated carbocycles. The van der Waals surface area contributed by atoms with E-state index < -0.39 is 0 Å². The Morgan fingerprint density at radius 1 is 1.10 bits per heavy atom. The molecule has 0 bridgehead atoms. The third kappa shape index (κ3) is 3.41. The minimum absolute atomic E-state index is 0.253. The van der Waals surface area contributed by atoms with Gasteiger partial charge in [-0.25, -0.2) is 9.97 Å². The van der Waals surface area contributed by atoms with Crippen molar-refractivity contribution in [2.75, 3.05) is 13.2 Å².